The molecular weight excluding hydrogens is 352 g/mol. The van der Waals surface area contributed by atoms with Crippen LogP contribution in [0.1, 0.15) is 39.0 Å². The lowest BCUT2D eigenvalue weighted by atomic mass is 10.1. The van der Waals surface area contributed by atoms with E-state index in [0.717, 1.165) is 5.56 Å². The highest BCUT2D eigenvalue weighted by Crippen LogP contribution is 2.31. The normalized spacial score (nSPS) is 12.8. The van der Waals surface area contributed by atoms with Crippen LogP contribution in [0, 0.1) is 6.92 Å². The van der Waals surface area contributed by atoms with E-state index in [-0.39, 0.29) is 28.6 Å². The summed E-state index contributed by atoms with van der Waals surface area (Å²) in [5.41, 5.74) is 5.98. The molecule has 2 aromatic rings. The number of Topliss-reactive ketones (excluding diaryl/α,β-unsaturated/α-hetero) is 1. The van der Waals surface area contributed by atoms with Crippen LogP contribution in [0.4, 0.5) is 5.88 Å². The smallest absolute Gasteiger partial charge is 0.255 e. The van der Waals surface area contributed by atoms with Crippen LogP contribution in [-0.4, -0.2) is 30.8 Å². The number of nitrogens with two attached hydrogens (primary N) is 1. The Morgan fingerprint density at radius 2 is 1.81 bits per heavy atom. The molecule has 0 fully saturated rings. The lowest BCUT2D eigenvalue weighted by molar-refractivity contribution is -0.111. The van der Waals surface area contributed by atoms with Crippen LogP contribution in [0.15, 0.2) is 28.7 Å². The zero-order valence-corrected chi connectivity index (χ0v) is 14.8. The van der Waals surface area contributed by atoms with Gasteiger partial charge in [-0.15, -0.1) is 0 Å². The largest absolute Gasteiger partial charge is 0.486 e. The number of hydrogen-bond donors (Lipinski definition) is 2. The molecule has 0 spiro atoms. The maximum Gasteiger partial charge on any atom is 0.255 e. The second-order valence-electron chi connectivity index (χ2n) is 5.88. The fraction of sp³-hybridized carbons (Fsp3) is 0.211. The van der Waals surface area contributed by atoms with Crippen molar-refractivity contribution in [1.29, 1.82) is 0 Å². The maximum absolute atomic E-state index is 12.2. The zero-order valence-electron chi connectivity index (χ0n) is 14.8. The Kier molecular flexibility index (Phi) is 4.98. The predicted molar refractivity (Wildman–Crippen MR) is 97.1 cm³/mol. The van der Waals surface area contributed by atoms with E-state index in [1.165, 1.54) is 19.9 Å². The molecule has 1 aliphatic rings. The quantitative estimate of drug-likeness (QED) is 0.615. The first-order chi connectivity index (χ1) is 12.9. The van der Waals surface area contributed by atoms with Crippen LogP contribution in [-0.2, 0) is 4.79 Å². The molecule has 0 unspecified atom stereocenters. The number of furan rings is 1. The van der Waals surface area contributed by atoms with Crippen molar-refractivity contribution in [1.82, 2.24) is 0 Å². The highest BCUT2D eigenvalue weighted by atomic mass is 16.6. The van der Waals surface area contributed by atoms with Gasteiger partial charge < -0.3 is 19.6 Å². The number of carbonyl (C=O) groups is 3. The number of primary amides is 1. The number of hydrogen-bond acceptors (Lipinski definition) is 6. The summed E-state index contributed by atoms with van der Waals surface area (Å²) in [6.45, 7) is 3.77. The molecule has 0 radical (unpaired) electrons. The molecule has 1 aromatic carbocycles. The van der Waals surface area contributed by atoms with E-state index in [1.54, 1.807) is 24.3 Å². The van der Waals surface area contributed by atoms with E-state index >= 15 is 0 Å². The molecule has 1 aliphatic heterocycles. The van der Waals surface area contributed by atoms with Gasteiger partial charge in [0.15, 0.2) is 17.3 Å². The lowest BCUT2D eigenvalue weighted by Gasteiger charge is -2.18. The van der Waals surface area contributed by atoms with E-state index in [2.05, 4.69) is 5.32 Å². The Bertz CT molecular complexity index is 957. The summed E-state index contributed by atoms with van der Waals surface area (Å²) < 4.78 is 16.3. The molecule has 0 aliphatic carbocycles. The third-order valence-corrected chi connectivity index (χ3v) is 3.91. The number of nitrogens with one attached hydrogen (secondary N) is 1. The minimum atomic E-state index is -0.858. The Hall–Kier alpha value is -3.55. The fourth-order valence-electron chi connectivity index (χ4n) is 2.78. The van der Waals surface area contributed by atoms with Gasteiger partial charge >= 0.3 is 0 Å². The van der Waals surface area contributed by atoms with Gasteiger partial charge in [0.25, 0.3) is 11.8 Å². The molecule has 1 aromatic heterocycles. The molecule has 27 heavy (non-hydrogen) atoms. The molecule has 3 rings (SSSR count). The van der Waals surface area contributed by atoms with E-state index in [9.17, 15) is 14.4 Å². The summed E-state index contributed by atoms with van der Waals surface area (Å²) in [5, 5.41) is 2.44. The van der Waals surface area contributed by atoms with Crippen molar-refractivity contribution in [3.8, 4) is 11.5 Å². The van der Waals surface area contributed by atoms with Gasteiger partial charge in [0.2, 0.25) is 5.88 Å². The first kappa shape index (κ1) is 18.2. The standard InChI is InChI=1S/C19H18N2O6/c1-10(22)16-11(2)27-19(17(16)18(20)24)21-15(23)6-4-12-3-5-13-14(9-12)26-8-7-25-13/h3-6,9H,7-8H2,1-2H3,(H2,20,24)(H,21,23)/b6-4-. The first-order valence-electron chi connectivity index (χ1n) is 8.19. The van der Waals surface area contributed by atoms with Crippen LogP contribution >= 0.6 is 0 Å². The molecule has 3 N–H and O–H groups in total. The molecule has 8 heteroatoms. The number of ketones is 1. The van der Waals surface area contributed by atoms with Crippen molar-refractivity contribution in [3.63, 3.8) is 0 Å². The summed E-state index contributed by atoms with van der Waals surface area (Å²) in [5.74, 6) is -0.467. The van der Waals surface area contributed by atoms with Gasteiger partial charge in [0.1, 0.15) is 24.5 Å². The number of anilines is 1. The van der Waals surface area contributed by atoms with Gasteiger partial charge in [0, 0.05) is 6.08 Å². The summed E-state index contributed by atoms with van der Waals surface area (Å²) in [6.07, 6.45) is 2.83. The van der Waals surface area contributed by atoms with Crippen molar-refractivity contribution >= 4 is 29.6 Å². The lowest BCUT2D eigenvalue weighted by Crippen LogP contribution is -2.18. The topological polar surface area (TPSA) is 121 Å². The number of fused-ring (bicyclic) bond motifs is 1. The molecule has 0 saturated carbocycles. The van der Waals surface area contributed by atoms with Crippen LogP contribution in [0.3, 0.4) is 0 Å². The number of rotatable bonds is 5. The second kappa shape index (κ2) is 7.36. The van der Waals surface area contributed by atoms with E-state index < -0.39 is 11.8 Å². The highest BCUT2D eigenvalue weighted by molar-refractivity contribution is 6.13. The second-order valence-corrected chi connectivity index (χ2v) is 5.88. The molecule has 0 saturated heterocycles. The van der Waals surface area contributed by atoms with Crippen molar-refractivity contribution in [3.05, 3.63) is 46.7 Å². The summed E-state index contributed by atoms with van der Waals surface area (Å²) in [4.78, 5) is 35.6. The average Bonchev–Trinajstić information content (AvgIpc) is 2.96. The Morgan fingerprint density at radius 1 is 1.11 bits per heavy atom. The maximum atomic E-state index is 12.2. The van der Waals surface area contributed by atoms with Crippen molar-refractivity contribution in [2.75, 3.05) is 18.5 Å². The van der Waals surface area contributed by atoms with Crippen molar-refractivity contribution < 1.29 is 28.3 Å². The summed E-state index contributed by atoms with van der Waals surface area (Å²) in [7, 11) is 0. The number of benzene rings is 1. The van der Waals surface area contributed by atoms with Crippen LogP contribution in [0.5, 0.6) is 11.5 Å². The van der Waals surface area contributed by atoms with Crippen LogP contribution in [0.25, 0.3) is 6.08 Å². The Morgan fingerprint density at radius 3 is 2.48 bits per heavy atom. The number of aryl methyl sites for hydroxylation is 1. The molecule has 140 valence electrons. The van der Waals surface area contributed by atoms with E-state index in [0.29, 0.717) is 24.7 Å². The third-order valence-electron chi connectivity index (χ3n) is 3.91. The Balaban J connectivity index is 1.78. The zero-order chi connectivity index (χ0) is 19.6. The molecule has 2 heterocycles. The number of amides is 2. The van der Waals surface area contributed by atoms with Gasteiger partial charge in [-0.1, -0.05) is 6.07 Å². The molecule has 0 bridgehead atoms. The molecular formula is C19H18N2O6. The van der Waals surface area contributed by atoms with Crippen molar-refractivity contribution in [2.45, 2.75) is 13.8 Å². The fourth-order valence-corrected chi connectivity index (χ4v) is 2.78. The average molecular weight is 370 g/mol. The first-order valence-corrected chi connectivity index (χ1v) is 8.19. The monoisotopic (exact) mass is 370 g/mol. The van der Waals surface area contributed by atoms with Crippen molar-refractivity contribution in [2.24, 2.45) is 5.73 Å². The Labute approximate surface area is 154 Å². The van der Waals surface area contributed by atoms with Gasteiger partial charge in [-0.3, -0.25) is 19.7 Å². The van der Waals surface area contributed by atoms with Gasteiger partial charge in [-0.05, 0) is 37.6 Å². The number of ether oxygens (including phenoxy) is 2. The van der Waals surface area contributed by atoms with Gasteiger partial charge in [-0.2, -0.15) is 0 Å². The van der Waals surface area contributed by atoms with Gasteiger partial charge in [-0.25, -0.2) is 0 Å². The summed E-state index contributed by atoms with van der Waals surface area (Å²) in [6, 6.07) is 5.28. The SMILES string of the molecule is CC(=O)c1c(C)oc(NC(=O)/C=C\c2ccc3c(c2)OCCO3)c1C(N)=O. The van der Waals surface area contributed by atoms with E-state index in [4.69, 9.17) is 19.6 Å². The number of carbonyl (C=O) groups excluding carboxylic acids is 3. The van der Waals surface area contributed by atoms with Gasteiger partial charge in [0.05, 0.1) is 5.56 Å². The molecule has 2 amide bonds. The predicted octanol–water partition coefficient (Wildman–Crippen LogP) is 2.31. The van der Waals surface area contributed by atoms with E-state index in [1.807, 2.05) is 0 Å². The highest BCUT2D eigenvalue weighted by Gasteiger charge is 2.25. The minimum Gasteiger partial charge on any atom is -0.486 e. The molecule has 8 nitrogen and oxygen atoms in total. The third kappa shape index (κ3) is 3.84. The minimum absolute atomic E-state index is 0.0635. The van der Waals surface area contributed by atoms with Crippen LogP contribution < -0.4 is 20.5 Å². The van der Waals surface area contributed by atoms with Crippen LogP contribution in [0.2, 0.25) is 0 Å². The molecule has 0 atom stereocenters. The summed E-state index contributed by atoms with van der Waals surface area (Å²) >= 11 is 0.